The summed E-state index contributed by atoms with van der Waals surface area (Å²) in [7, 11) is 0. The minimum atomic E-state index is -0.557. The van der Waals surface area contributed by atoms with Crippen LogP contribution in [0.2, 0.25) is 0 Å². The van der Waals surface area contributed by atoms with Gasteiger partial charge >= 0.3 is 11.7 Å². The van der Waals surface area contributed by atoms with Crippen molar-refractivity contribution in [3.05, 3.63) is 28.3 Å². The zero-order valence-corrected chi connectivity index (χ0v) is 11.7. The largest absolute Gasteiger partial charge is 0.475 e. The van der Waals surface area contributed by atoms with Gasteiger partial charge < -0.3 is 9.47 Å². The van der Waals surface area contributed by atoms with Gasteiger partial charge in [0.15, 0.2) is 12.4 Å². The maximum atomic E-state index is 11.3. The van der Waals surface area contributed by atoms with Gasteiger partial charge in [0.1, 0.15) is 0 Å². The summed E-state index contributed by atoms with van der Waals surface area (Å²) in [5.41, 5.74) is -0.163. The normalized spacial score (nSPS) is 10.3. The van der Waals surface area contributed by atoms with Gasteiger partial charge in [-0.05, 0) is 32.2 Å². The number of thioether (sulfide) groups is 1. The molecule has 0 saturated carbocycles. The number of nitro groups is 1. The van der Waals surface area contributed by atoms with Crippen LogP contribution in [0.3, 0.4) is 0 Å². The Hall–Kier alpha value is -1.76. The summed E-state index contributed by atoms with van der Waals surface area (Å²) in [5.74, 6) is -0.498. The van der Waals surface area contributed by atoms with Gasteiger partial charge in [0.2, 0.25) is 0 Å². The van der Waals surface area contributed by atoms with Crippen molar-refractivity contribution in [2.24, 2.45) is 0 Å². The Kier molecular flexibility index (Phi) is 5.62. The molecule has 0 saturated heterocycles. The van der Waals surface area contributed by atoms with E-state index in [4.69, 9.17) is 9.47 Å². The summed E-state index contributed by atoms with van der Waals surface area (Å²) in [6.07, 6.45) is 1.57. The fourth-order valence-electron chi connectivity index (χ4n) is 1.32. The fourth-order valence-corrected chi connectivity index (χ4v) is 1.76. The Balaban J connectivity index is 2.77. The highest BCUT2D eigenvalue weighted by Crippen LogP contribution is 2.31. The van der Waals surface area contributed by atoms with Crippen LogP contribution in [0.15, 0.2) is 23.1 Å². The van der Waals surface area contributed by atoms with Crippen molar-refractivity contribution in [1.29, 1.82) is 0 Å². The van der Waals surface area contributed by atoms with E-state index in [0.717, 1.165) is 4.90 Å². The van der Waals surface area contributed by atoms with Crippen LogP contribution < -0.4 is 4.74 Å². The van der Waals surface area contributed by atoms with E-state index in [9.17, 15) is 14.9 Å². The molecule has 0 fully saturated rings. The molecule has 0 bridgehead atoms. The lowest BCUT2D eigenvalue weighted by atomic mass is 10.3. The van der Waals surface area contributed by atoms with Crippen molar-refractivity contribution in [3.63, 3.8) is 0 Å². The molecule has 7 heteroatoms. The zero-order valence-electron chi connectivity index (χ0n) is 10.9. The van der Waals surface area contributed by atoms with Gasteiger partial charge in [-0.3, -0.25) is 10.1 Å². The first-order valence-corrected chi connectivity index (χ1v) is 6.81. The molecule has 0 amide bonds. The summed E-state index contributed by atoms with van der Waals surface area (Å²) >= 11 is 1.39. The average Bonchev–Trinajstić information content (AvgIpc) is 2.35. The van der Waals surface area contributed by atoms with E-state index in [1.165, 1.54) is 23.9 Å². The molecular formula is C12H15NO5S. The Bertz CT molecular complexity index is 475. The smallest absolute Gasteiger partial charge is 0.344 e. The topological polar surface area (TPSA) is 78.7 Å². The minimum Gasteiger partial charge on any atom is -0.475 e. The van der Waals surface area contributed by atoms with Gasteiger partial charge in [-0.1, -0.05) is 0 Å². The van der Waals surface area contributed by atoms with Crippen LogP contribution in [0, 0.1) is 10.1 Å². The fraction of sp³-hybridized carbons (Fsp3) is 0.417. The van der Waals surface area contributed by atoms with Crippen molar-refractivity contribution < 1.29 is 19.2 Å². The molecule has 0 atom stereocenters. The van der Waals surface area contributed by atoms with Crippen molar-refractivity contribution in [1.82, 2.24) is 0 Å². The van der Waals surface area contributed by atoms with E-state index in [-0.39, 0.29) is 24.1 Å². The van der Waals surface area contributed by atoms with E-state index < -0.39 is 10.9 Å². The number of ether oxygens (including phenoxy) is 2. The number of carbonyl (C=O) groups is 1. The quantitative estimate of drug-likeness (QED) is 0.346. The number of esters is 1. The molecule has 0 aliphatic rings. The van der Waals surface area contributed by atoms with Crippen LogP contribution in [0.5, 0.6) is 5.75 Å². The number of hydrogen-bond acceptors (Lipinski definition) is 6. The van der Waals surface area contributed by atoms with E-state index in [1.54, 1.807) is 19.9 Å². The maximum absolute atomic E-state index is 11.3. The number of rotatable bonds is 6. The second-order valence-electron chi connectivity index (χ2n) is 3.92. The molecule has 1 rings (SSSR count). The summed E-state index contributed by atoms with van der Waals surface area (Å²) in [5, 5.41) is 10.9. The van der Waals surface area contributed by atoms with Crippen molar-refractivity contribution in [2.45, 2.75) is 24.8 Å². The first-order chi connectivity index (χ1) is 8.93. The van der Waals surface area contributed by atoms with Crippen molar-refractivity contribution in [3.8, 4) is 5.75 Å². The van der Waals surface area contributed by atoms with Gasteiger partial charge in [0.25, 0.3) is 0 Å². The van der Waals surface area contributed by atoms with E-state index in [2.05, 4.69) is 0 Å². The lowest BCUT2D eigenvalue weighted by Gasteiger charge is -2.09. The molecule has 0 aromatic heterocycles. The monoisotopic (exact) mass is 285 g/mol. The second kappa shape index (κ2) is 6.98. The van der Waals surface area contributed by atoms with Crippen LogP contribution in [0.25, 0.3) is 0 Å². The Morgan fingerprint density at radius 1 is 1.47 bits per heavy atom. The summed E-state index contributed by atoms with van der Waals surface area (Å²) < 4.78 is 10.0. The Morgan fingerprint density at radius 2 is 2.16 bits per heavy atom. The highest BCUT2D eigenvalue weighted by Gasteiger charge is 2.17. The third-order valence-electron chi connectivity index (χ3n) is 2.08. The number of nitrogens with zero attached hydrogens (tertiary/aromatic N) is 1. The van der Waals surface area contributed by atoms with E-state index in [0.29, 0.717) is 0 Å². The van der Waals surface area contributed by atoms with Gasteiger partial charge in [-0.2, -0.15) is 0 Å². The Labute approximate surface area is 115 Å². The van der Waals surface area contributed by atoms with Crippen LogP contribution in [0.4, 0.5) is 5.69 Å². The van der Waals surface area contributed by atoms with Crippen LogP contribution >= 0.6 is 11.8 Å². The van der Waals surface area contributed by atoms with Crippen molar-refractivity contribution >= 4 is 23.4 Å². The minimum absolute atomic E-state index is 0.0588. The number of hydrogen-bond donors (Lipinski definition) is 0. The maximum Gasteiger partial charge on any atom is 0.344 e. The van der Waals surface area contributed by atoms with Gasteiger partial charge in [0.05, 0.1) is 11.0 Å². The predicted octanol–water partition coefficient (Wildman–Crippen LogP) is 2.65. The Morgan fingerprint density at radius 3 is 2.68 bits per heavy atom. The molecule has 0 aliphatic heterocycles. The molecule has 0 heterocycles. The average molecular weight is 285 g/mol. The van der Waals surface area contributed by atoms with Crippen LogP contribution in [-0.4, -0.2) is 29.9 Å². The van der Waals surface area contributed by atoms with Gasteiger partial charge in [0, 0.05) is 11.0 Å². The van der Waals surface area contributed by atoms with E-state index >= 15 is 0 Å². The van der Waals surface area contributed by atoms with Crippen LogP contribution in [0.1, 0.15) is 13.8 Å². The molecule has 1 aromatic rings. The molecule has 0 N–H and O–H groups in total. The number of carbonyl (C=O) groups excluding carboxylic acids is 1. The zero-order chi connectivity index (χ0) is 14.4. The van der Waals surface area contributed by atoms with Gasteiger partial charge in [-0.15, -0.1) is 11.8 Å². The standard InChI is InChI=1S/C12H15NO5S/c1-8(2)18-12(14)7-17-11-5-4-9(19-3)6-10(11)13(15)16/h4-6,8H,7H2,1-3H3. The molecule has 1 aromatic carbocycles. The molecule has 0 spiro atoms. The van der Waals surface area contributed by atoms with Crippen molar-refractivity contribution in [2.75, 3.05) is 12.9 Å². The molecule has 0 unspecified atom stereocenters. The number of benzene rings is 1. The molecule has 0 radical (unpaired) electrons. The third kappa shape index (κ3) is 4.78. The van der Waals surface area contributed by atoms with E-state index in [1.807, 2.05) is 6.26 Å². The SMILES string of the molecule is CSc1ccc(OCC(=O)OC(C)C)c([N+](=O)[O-])c1. The highest BCUT2D eigenvalue weighted by molar-refractivity contribution is 7.98. The summed E-state index contributed by atoms with van der Waals surface area (Å²) in [4.78, 5) is 22.4. The first kappa shape index (κ1) is 15.3. The lowest BCUT2D eigenvalue weighted by molar-refractivity contribution is -0.386. The second-order valence-corrected chi connectivity index (χ2v) is 4.80. The molecule has 104 valence electrons. The lowest BCUT2D eigenvalue weighted by Crippen LogP contribution is -2.19. The summed E-state index contributed by atoms with van der Waals surface area (Å²) in [6, 6.07) is 4.58. The molecular weight excluding hydrogens is 270 g/mol. The predicted molar refractivity (Wildman–Crippen MR) is 71.6 cm³/mol. The van der Waals surface area contributed by atoms with Gasteiger partial charge in [-0.25, -0.2) is 4.79 Å². The molecule has 6 nitrogen and oxygen atoms in total. The highest BCUT2D eigenvalue weighted by atomic mass is 32.2. The molecule has 19 heavy (non-hydrogen) atoms. The molecule has 0 aliphatic carbocycles. The number of nitro benzene ring substituents is 1. The van der Waals surface area contributed by atoms with Crippen LogP contribution in [-0.2, 0) is 9.53 Å². The third-order valence-corrected chi connectivity index (χ3v) is 2.80. The first-order valence-electron chi connectivity index (χ1n) is 5.58. The summed E-state index contributed by atoms with van der Waals surface area (Å²) in [6.45, 7) is 3.08.